The molecule has 1 aliphatic rings. The third kappa shape index (κ3) is 30.1. The van der Waals surface area contributed by atoms with Crippen molar-refractivity contribution < 1.29 is 90.5 Å². The number of ether oxygens (including phenoxy) is 3. The summed E-state index contributed by atoms with van der Waals surface area (Å²) in [6.45, 7) is 18.1. The molecule has 0 spiro atoms. The highest BCUT2D eigenvalue weighted by molar-refractivity contribution is 8.24. The molecule has 2 unspecified atom stereocenters. The number of hydrogen-bond donors (Lipinski definition) is 7. The number of halogens is 5. The summed E-state index contributed by atoms with van der Waals surface area (Å²) in [5, 5.41) is 46.2. The Hall–Kier alpha value is -2.51. The van der Waals surface area contributed by atoms with Gasteiger partial charge in [0.05, 0.1) is 38.8 Å². The Labute approximate surface area is 443 Å². The Morgan fingerprint density at radius 3 is 1.50 bits per heavy atom. The average Bonchev–Trinajstić information content (AvgIpc) is 3.54. The van der Waals surface area contributed by atoms with Crippen molar-refractivity contribution >= 4 is 98.7 Å². The lowest BCUT2D eigenvalue weighted by Crippen LogP contribution is -2.53. The number of methoxy groups -OCH3 is 1. The lowest BCUT2D eigenvalue weighted by Gasteiger charge is -2.34. The van der Waals surface area contributed by atoms with Crippen LogP contribution in [0.25, 0.3) is 0 Å². The van der Waals surface area contributed by atoms with E-state index in [-0.39, 0.29) is 29.3 Å². The molecule has 420 valence electrons. The second-order valence-electron chi connectivity index (χ2n) is 17.2. The van der Waals surface area contributed by atoms with Crippen LogP contribution in [0.15, 0.2) is 0 Å². The fourth-order valence-electron chi connectivity index (χ4n) is 5.09. The van der Waals surface area contributed by atoms with E-state index in [2.05, 4.69) is 30.8 Å². The van der Waals surface area contributed by atoms with Gasteiger partial charge in [0.25, 0.3) is 0 Å². The van der Waals surface area contributed by atoms with Crippen molar-refractivity contribution in [1.29, 1.82) is 1.28 Å². The summed E-state index contributed by atoms with van der Waals surface area (Å²) in [4.78, 5) is 69.0. The molecule has 1 aliphatic heterocycles. The molecule has 0 saturated carbocycles. The molecule has 1 aromatic carbocycles. The van der Waals surface area contributed by atoms with E-state index < -0.39 is 114 Å². The predicted octanol–water partition coefficient (Wildman–Crippen LogP) is 6.94. The number of carbonyl (C=O) groups is 6. The molecule has 1 fully saturated rings. The van der Waals surface area contributed by atoms with E-state index in [1.165, 1.54) is 37.4 Å². The van der Waals surface area contributed by atoms with Crippen LogP contribution in [-0.2, 0) is 50.0 Å². The summed E-state index contributed by atoms with van der Waals surface area (Å²) >= 11 is 9.07. The van der Waals surface area contributed by atoms with Crippen LogP contribution >= 0.6 is 51.2 Å². The minimum atomic E-state index is -2.30. The molecular weight excluding hydrogens is 1080 g/mol. The fourth-order valence-corrected chi connectivity index (χ4v) is 6.86. The van der Waals surface area contributed by atoms with Crippen molar-refractivity contribution in [3.05, 3.63) is 29.1 Å². The van der Waals surface area contributed by atoms with Crippen LogP contribution < -0.4 is 15.8 Å². The number of thioether (sulfide) groups is 3. The first-order valence-electron chi connectivity index (χ1n) is 22.3. The summed E-state index contributed by atoms with van der Waals surface area (Å²) in [5.74, 6) is -16.3. The second-order valence-corrected chi connectivity index (χ2v) is 22.9. The van der Waals surface area contributed by atoms with Gasteiger partial charge in [-0.3, -0.25) is 24.1 Å². The normalized spacial score (nSPS) is 17.8. The van der Waals surface area contributed by atoms with Gasteiger partial charge in [-0.1, -0.05) is 20.8 Å². The molecule has 0 radical (unpaired) electrons. The van der Waals surface area contributed by atoms with Crippen LogP contribution in [0, 0.1) is 46.8 Å². The lowest BCUT2D eigenvalue weighted by molar-refractivity contribution is -0.158. The maximum atomic E-state index is 13.3. The molecule has 1 aromatic rings. The van der Waals surface area contributed by atoms with E-state index in [0.29, 0.717) is 18.6 Å². The van der Waals surface area contributed by atoms with Crippen molar-refractivity contribution in [3.8, 4) is 5.75 Å². The number of hydrogen-bond acceptors (Lipinski definition) is 16. The Bertz CT molecular complexity index is 1870. The number of aliphatic hydroxyl groups excluding tert-OH is 2. The third-order valence-electron chi connectivity index (χ3n) is 9.64. The first-order valence-corrected chi connectivity index (χ1v) is 29.6. The van der Waals surface area contributed by atoms with Gasteiger partial charge >= 0.3 is 25.2 Å². The Morgan fingerprint density at radius 2 is 1.19 bits per heavy atom. The molecule has 17 nitrogen and oxygen atoms in total. The Kier molecular flexibility index (Phi) is 39.9. The number of aliphatic hydroxyl groups is 2. The first-order chi connectivity index (χ1) is 33.3. The van der Waals surface area contributed by atoms with Gasteiger partial charge in [0.15, 0.2) is 30.9 Å². The van der Waals surface area contributed by atoms with Crippen LogP contribution in [0.2, 0.25) is 0 Å². The molecule has 2 rings (SSSR count). The number of esters is 1. The number of rotatable bonds is 19. The van der Waals surface area contributed by atoms with E-state index in [9.17, 15) is 60.9 Å². The number of carboxylic acid groups (broad SMARTS) is 3. The van der Waals surface area contributed by atoms with Gasteiger partial charge in [-0.2, -0.15) is 44.1 Å². The highest BCUT2D eigenvalue weighted by Gasteiger charge is 2.52. The van der Waals surface area contributed by atoms with Crippen LogP contribution in [-0.4, -0.2) is 158 Å². The third-order valence-corrected chi connectivity index (χ3v) is 11.6. The maximum Gasteiger partial charge on any atom is 0.355 e. The number of aliphatic carboxylic acids is 3. The minimum Gasteiger partial charge on any atom is -0.480 e. The monoisotopic (exact) mass is 1160 g/mol. The second kappa shape index (κ2) is 39.0. The quantitative estimate of drug-likeness (QED) is 0.0184. The fraction of sp³-hybridized carbons (Fsp3) is 0.727. The number of carboxylic acids is 3. The Morgan fingerprint density at radius 1 is 0.819 bits per heavy atom. The zero-order valence-corrected chi connectivity index (χ0v) is 48.7. The summed E-state index contributed by atoms with van der Waals surface area (Å²) in [6, 6.07) is -3.29. The van der Waals surface area contributed by atoms with Gasteiger partial charge in [-0.05, 0) is 111 Å². The summed E-state index contributed by atoms with van der Waals surface area (Å²) < 4.78 is 86.4. The van der Waals surface area contributed by atoms with Gasteiger partial charge in [0.2, 0.25) is 46.6 Å². The highest BCUT2D eigenvalue weighted by atomic mass is 32.6. The lowest BCUT2D eigenvalue weighted by atomic mass is 10.0. The largest absolute Gasteiger partial charge is 0.480 e. The smallest absolute Gasteiger partial charge is 0.355 e. The summed E-state index contributed by atoms with van der Waals surface area (Å²) in [7, 11) is 3.91. The van der Waals surface area contributed by atoms with Crippen LogP contribution in [0.4, 0.5) is 22.0 Å². The first kappa shape index (κ1) is 73.7. The average molecular weight is 1160 g/mol. The van der Waals surface area contributed by atoms with Gasteiger partial charge in [0.1, 0.15) is 11.8 Å². The van der Waals surface area contributed by atoms with Crippen LogP contribution in [0.1, 0.15) is 95.4 Å². The zero-order valence-electron chi connectivity index (χ0n) is 44.4. The molecule has 8 N–H and O–H groups in total. The molecule has 2 amide bonds. The maximum absolute atomic E-state index is 13.3. The van der Waals surface area contributed by atoms with E-state index >= 15 is 0 Å². The summed E-state index contributed by atoms with van der Waals surface area (Å²) in [5.41, 5.74) is 4.08. The highest BCUT2D eigenvalue weighted by Crippen LogP contribution is 2.34. The topological polar surface area (TPSA) is 273 Å². The van der Waals surface area contributed by atoms with E-state index in [1.54, 1.807) is 64.6 Å². The summed E-state index contributed by atoms with van der Waals surface area (Å²) in [6.07, 6.45) is 4.94. The molecule has 0 aromatic heterocycles. The van der Waals surface area contributed by atoms with Crippen LogP contribution in [0.5, 0.6) is 5.75 Å². The molecule has 0 aliphatic carbocycles. The van der Waals surface area contributed by atoms with E-state index in [0.717, 1.165) is 17.9 Å². The van der Waals surface area contributed by atoms with Gasteiger partial charge in [-0.25, -0.2) is 22.8 Å². The van der Waals surface area contributed by atoms with Crippen molar-refractivity contribution in [2.75, 3.05) is 43.1 Å². The van der Waals surface area contributed by atoms with E-state index in [1.807, 2.05) is 40.2 Å². The molecule has 11 atom stereocenters. The standard InChI is InChI=1S/C13H23NO4S.C12H11F5O2S.C10H19NO4S.C5H12O.C4H9NO3.H2P2S/c1-8(6-7-19-5)11(15)14-10(12(16)17)9(2)18-13(14,3)4;1-5(3-4-20-2)12(18)19-11-9(16)7(14)6(13)8(15)10(11)17;1-6(4-5-16-3)9(13)11-8(7(2)12)10(14)15;1-5(2,3)6-4;1-2(6)3(5)4(7)8;1-2-3/h8-10H,6-7H2,1-5H3,(H,16,17);5H,3-4H2,1-2H3;6-8,12H,4-5H2,1-3H3,(H,11,13)(H,14,15);1-4H3;2-3,6H,5H2,1H3,(H,7,8);1H2/p+1/t8-,9+,10-;5-;6-,7+,8-;;2-,3+;/m000.1./s1/i/hT. The zero-order chi connectivity index (χ0) is 58.5. The van der Waals surface area contributed by atoms with Crippen molar-refractivity contribution in [3.63, 3.8) is 0 Å². The number of nitrogens with one attached hydrogen (secondary N) is 1. The minimum absolute atomic E-state index is 0.0417. The van der Waals surface area contributed by atoms with Gasteiger partial charge in [-0.15, -0.1) is 0 Å². The number of benzene rings is 1. The molecule has 0 bridgehead atoms. The molecule has 1 saturated heterocycles. The van der Waals surface area contributed by atoms with Crippen molar-refractivity contribution in [2.45, 2.75) is 143 Å². The predicted molar refractivity (Wildman–Crippen MR) is 282 cm³/mol. The molecule has 28 heteroatoms. The number of carbonyl (C=O) groups excluding carboxylic acids is 3. The Balaban J connectivity index is -0.000000420. The van der Waals surface area contributed by atoms with Gasteiger partial charge in [0, 0.05) is 18.9 Å². The SMILES string of the molecule is COC(C)(C)C.CSCC[C@H](C)C(=O)N1[C@H](C(=O)O)[C@@H](C)OC1(C)C.CSCC[C@H](C)C(=O)N[C@H](C(=O)O)[C@@H](C)O.CSCC[C@H](C)C(=O)Oc1c(F)c(F)c(F)c(F)c1F.C[C@@H](O)[C@H](N)C(=O)O.[3H][P+](P)=S. The number of amides is 2. The van der Waals surface area contributed by atoms with E-state index in [4.69, 9.17) is 31.8 Å². The van der Waals surface area contributed by atoms with Crippen molar-refractivity contribution in [1.82, 2.24) is 10.2 Å². The number of nitrogens with zero attached hydrogens (tertiary/aromatic N) is 1. The molecule has 1 heterocycles. The molecular formula is C44H77F5N3O14P2S4+. The number of nitrogens with two attached hydrogens (primary N) is 1. The van der Waals surface area contributed by atoms with Crippen LogP contribution in [0.3, 0.4) is 0 Å². The molecule has 72 heavy (non-hydrogen) atoms. The van der Waals surface area contributed by atoms with Crippen molar-refractivity contribution in [2.24, 2.45) is 23.5 Å². The van der Waals surface area contributed by atoms with Gasteiger partial charge < -0.3 is 50.8 Å².